The van der Waals surface area contributed by atoms with Gasteiger partial charge >= 0.3 is 0 Å². The molecule has 0 bridgehead atoms. The van der Waals surface area contributed by atoms with Gasteiger partial charge in [-0.25, -0.2) is 4.39 Å². The molecule has 0 spiro atoms. The average Bonchev–Trinajstić information content (AvgIpc) is 3.48. The Morgan fingerprint density at radius 1 is 1.24 bits per heavy atom. The van der Waals surface area contributed by atoms with Crippen LogP contribution in [0.2, 0.25) is 0 Å². The van der Waals surface area contributed by atoms with E-state index in [0.717, 1.165) is 41.7 Å². The maximum atomic E-state index is 13.8. The number of aliphatic imine (C=N–C) groups is 1. The Labute approximate surface area is 168 Å². The summed E-state index contributed by atoms with van der Waals surface area (Å²) in [5.74, 6) is 1.09. The van der Waals surface area contributed by atoms with Crippen molar-refractivity contribution < 1.29 is 13.9 Å². The van der Waals surface area contributed by atoms with Crippen LogP contribution >= 0.6 is 0 Å². The topological polar surface area (TPSA) is 46.8 Å². The normalized spacial score (nSPS) is 16.3. The molecule has 2 heterocycles. The van der Waals surface area contributed by atoms with Gasteiger partial charge in [-0.05, 0) is 55.2 Å². The fourth-order valence-electron chi connectivity index (χ4n) is 3.93. The molecule has 0 unspecified atom stereocenters. The summed E-state index contributed by atoms with van der Waals surface area (Å²) >= 11 is 0. The van der Waals surface area contributed by atoms with Crippen LogP contribution in [0.15, 0.2) is 41.4 Å². The largest absolute Gasteiger partial charge is 0.489 e. The van der Waals surface area contributed by atoms with Gasteiger partial charge in [0.2, 0.25) is 0 Å². The Morgan fingerprint density at radius 2 is 2.10 bits per heavy atom. The molecule has 2 aromatic carbocycles. The van der Waals surface area contributed by atoms with Crippen LogP contribution in [-0.2, 0) is 6.54 Å². The summed E-state index contributed by atoms with van der Waals surface area (Å²) in [5, 5.41) is 0.998. The van der Waals surface area contributed by atoms with Gasteiger partial charge in [-0.3, -0.25) is 9.79 Å². The standard InChI is InChI=1S/C23H22FN3O2/c1-26-6-7-29-22-9-16(14-28)8-20(23(22)26)25-12-19-10-17-4-5-18(24)11-21(17)27(19)13-15-2-3-15/h4-5,8-12,14-15H,2-3,6-7,13H2,1H3. The summed E-state index contributed by atoms with van der Waals surface area (Å²) in [6.45, 7) is 2.21. The number of anilines is 1. The maximum Gasteiger partial charge on any atom is 0.150 e. The van der Waals surface area contributed by atoms with Crippen molar-refractivity contribution in [3.63, 3.8) is 0 Å². The van der Waals surface area contributed by atoms with Gasteiger partial charge in [0, 0.05) is 24.5 Å². The van der Waals surface area contributed by atoms with Gasteiger partial charge in [0.1, 0.15) is 30.1 Å². The van der Waals surface area contributed by atoms with Crippen LogP contribution < -0.4 is 9.64 Å². The highest BCUT2D eigenvalue weighted by Gasteiger charge is 2.24. The second-order valence-corrected chi connectivity index (χ2v) is 7.86. The molecule has 1 aliphatic carbocycles. The van der Waals surface area contributed by atoms with E-state index in [1.807, 2.05) is 25.4 Å². The molecule has 3 aromatic rings. The van der Waals surface area contributed by atoms with Gasteiger partial charge in [-0.2, -0.15) is 0 Å². The van der Waals surface area contributed by atoms with Crippen molar-refractivity contribution in [1.82, 2.24) is 4.57 Å². The molecule has 0 amide bonds. The van der Waals surface area contributed by atoms with Crippen LogP contribution in [0.5, 0.6) is 5.75 Å². The highest BCUT2D eigenvalue weighted by Crippen LogP contribution is 2.40. The first-order chi connectivity index (χ1) is 14.1. The highest BCUT2D eigenvalue weighted by molar-refractivity contribution is 5.93. The van der Waals surface area contributed by atoms with Crippen molar-refractivity contribution in [2.24, 2.45) is 10.9 Å². The van der Waals surface area contributed by atoms with E-state index in [1.54, 1.807) is 18.2 Å². The van der Waals surface area contributed by atoms with Crippen molar-refractivity contribution in [3.05, 3.63) is 53.5 Å². The molecule has 5 nitrogen and oxygen atoms in total. The molecule has 0 N–H and O–H groups in total. The molecule has 1 fully saturated rings. The molecular formula is C23H22FN3O2. The van der Waals surface area contributed by atoms with E-state index >= 15 is 0 Å². The highest BCUT2D eigenvalue weighted by atomic mass is 19.1. The van der Waals surface area contributed by atoms with Crippen molar-refractivity contribution in [1.29, 1.82) is 0 Å². The minimum absolute atomic E-state index is 0.234. The summed E-state index contributed by atoms with van der Waals surface area (Å²) in [7, 11) is 1.99. The number of ether oxygens (including phenoxy) is 1. The van der Waals surface area contributed by atoms with Gasteiger partial charge in [-0.1, -0.05) is 0 Å². The fourth-order valence-corrected chi connectivity index (χ4v) is 3.93. The Morgan fingerprint density at radius 3 is 2.90 bits per heavy atom. The molecule has 0 saturated heterocycles. The number of carbonyl (C=O) groups excluding carboxylic acids is 1. The lowest BCUT2D eigenvalue weighted by Crippen LogP contribution is -2.29. The van der Waals surface area contributed by atoms with Crippen molar-refractivity contribution >= 4 is 34.8 Å². The molecule has 6 heteroatoms. The van der Waals surface area contributed by atoms with E-state index in [9.17, 15) is 9.18 Å². The summed E-state index contributed by atoms with van der Waals surface area (Å²) in [6, 6.07) is 10.5. The second-order valence-electron chi connectivity index (χ2n) is 7.86. The molecule has 2 aliphatic rings. The number of aldehydes is 1. The summed E-state index contributed by atoms with van der Waals surface area (Å²) in [5.41, 5.74) is 3.94. The lowest BCUT2D eigenvalue weighted by atomic mass is 10.1. The third-order valence-corrected chi connectivity index (χ3v) is 5.65. The van der Waals surface area contributed by atoms with E-state index in [4.69, 9.17) is 9.73 Å². The molecule has 0 atom stereocenters. The third-order valence-electron chi connectivity index (χ3n) is 5.65. The van der Waals surface area contributed by atoms with Crippen LogP contribution in [0.4, 0.5) is 15.8 Å². The first kappa shape index (κ1) is 17.9. The van der Waals surface area contributed by atoms with Gasteiger partial charge in [0.15, 0.2) is 0 Å². The quantitative estimate of drug-likeness (QED) is 0.472. The summed E-state index contributed by atoms with van der Waals surface area (Å²) in [4.78, 5) is 18.2. The van der Waals surface area contributed by atoms with E-state index < -0.39 is 0 Å². The van der Waals surface area contributed by atoms with Crippen molar-refractivity contribution in [2.75, 3.05) is 25.1 Å². The van der Waals surface area contributed by atoms with E-state index in [0.29, 0.717) is 29.5 Å². The predicted octanol–water partition coefficient (Wildman–Crippen LogP) is 4.58. The smallest absolute Gasteiger partial charge is 0.150 e. The Hall–Kier alpha value is -3.15. The molecule has 0 radical (unpaired) electrons. The number of hydrogen-bond donors (Lipinski definition) is 0. The summed E-state index contributed by atoms with van der Waals surface area (Å²) in [6.07, 6.45) is 5.04. The predicted molar refractivity (Wildman–Crippen MR) is 112 cm³/mol. The van der Waals surface area contributed by atoms with Gasteiger partial charge in [0.05, 0.1) is 29.7 Å². The molecule has 1 aliphatic heterocycles. The van der Waals surface area contributed by atoms with E-state index in [2.05, 4.69) is 9.47 Å². The number of rotatable bonds is 5. The van der Waals surface area contributed by atoms with Crippen molar-refractivity contribution in [2.45, 2.75) is 19.4 Å². The van der Waals surface area contributed by atoms with Crippen molar-refractivity contribution in [3.8, 4) is 5.75 Å². The maximum absolute atomic E-state index is 13.8. The van der Waals surface area contributed by atoms with Gasteiger partial charge < -0.3 is 14.2 Å². The molecule has 29 heavy (non-hydrogen) atoms. The zero-order chi connectivity index (χ0) is 20.0. The molecule has 5 rings (SSSR count). The number of carbonyl (C=O) groups is 1. The number of halogens is 1. The number of hydrogen-bond acceptors (Lipinski definition) is 4. The summed E-state index contributed by atoms with van der Waals surface area (Å²) < 4.78 is 21.7. The minimum Gasteiger partial charge on any atom is -0.489 e. The number of nitrogens with zero attached hydrogens (tertiary/aromatic N) is 3. The first-order valence-electron chi connectivity index (χ1n) is 9.92. The molecule has 1 saturated carbocycles. The van der Waals surface area contributed by atoms with Crippen LogP contribution in [0.25, 0.3) is 10.9 Å². The Kier molecular flexibility index (Phi) is 4.34. The van der Waals surface area contributed by atoms with Crippen LogP contribution in [0, 0.1) is 11.7 Å². The Balaban J connectivity index is 1.60. The zero-order valence-electron chi connectivity index (χ0n) is 16.3. The van der Waals surface area contributed by atoms with Gasteiger partial charge in [-0.15, -0.1) is 0 Å². The van der Waals surface area contributed by atoms with E-state index in [-0.39, 0.29) is 5.82 Å². The number of fused-ring (bicyclic) bond motifs is 2. The number of benzene rings is 2. The molecular weight excluding hydrogens is 369 g/mol. The number of aromatic nitrogens is 1. The molecule has 148 valence electrons. The lowest BCUT2D eigenvalue weighted by molar-refractivity contribution is 0.112. The third kappa shape index (κ3) is 3.39. The van der Waals surface area contributed by atoms with Crippen LogP contribution in [0.3, 0.4) is 0 Å². The van der Waals surface area contributed by atoms with Crippen LogP contribution in [0.1, 0.15) is 28.9 Å². The van der Waals surface area contributed by atoms with E-state index in [1.165, 1.54) is 18.9 Å². The van der Waals surface area contributed by atoms with Crippen LogP contribution in [-0.4, -0.2) is 37.3 Å². The zero-order valence-corrected chi connectivity index (χ0v) is 16.3. The fraction of sp³-hybridized carbons (Fsp3) is 0.304. The lowest BCUT2D eigenvalue weighted by Gasteiger charge is -2.29. The average molecular weight is 391 g/mol. The second kappa shape index (κ2) is 7.03. The monoisotopic (exact) mass is 391 g/mol. The minimum atomic E-state index is -0.234. The molecule has 1 aromatic heterocycles. The Bertz CT molecular complexity index is 1130. The van der Waals surface area contributed by atoms with Gasteiger partial charge in [0.25, 0.3) is 0 Å². The SMILES string of the molecule is CN1CCOc2cc(C=O)cc(N=Cc3cc4ccc(F)cc4n3CC3CC3)c21. The first-order valence-corrected chi connectivity index (χ1v) is 9.92. The number of likely N-dealkylation sites (N-methyl/N-ethyl adjacent to an activating group) is 1.